The van der Waals surface area contributed by atoms with Crippen LogP contribution in [0, 0.1) is 0 Å². The Morgan fingerprint density at radius 3 is 2.50 bits per heavy atom. The second-order valence-electron chi connectivity index (χ2n) is 7.82. The quantitative estimate of drug-likeness (QED) is 0.699. The number of sulfone groups is 1. The number of nitrogens with one attached hydrogen (secondary N) is 1. The van der Waals surface area contributed by atoms with Crippen LogP contribution in [-0.2, 0) is 24.1 Å². The molecule has 1 atom stereocenters. The largest absolute Gasteiger partial charge is 0.444 e. The summed E-state index contributed by atoms with van der Waals surface area (Å²) in [4.78, 5) is 23.2. The van der Waals surface area contributed by atoms with Gasteiger partial charge in [-0.15, -0.1) is 0 Å². The molecular formula is C21H22FNO6S. The zero-order valence-electron chi connectivity index (χ0n) is 16.8. The van der Waals surface area contributed by atoms with E-state index in [0.29, 0.717) is 10.9 Å². The van der Waals surface area contributed by atoms with Crippen LogP contribution in [0.4, 0.5) is 9.18 Å². The molecule has 1 N–H and O–H groups in total. The summed E-state index contributed by atoms with van der Waals surface area (Å²) in [6.07, 6.45) is 0.311. The normalized spacial score (nSPS) is 15.9. The van der Waals surface area contributed by atoms with Gasteiger partial charge >= 0.3 is 12.1 Å². The minimum Gasteiger partial charge on any atom is -0.444 e. The third-order valence-corrected chi connectivity index (χ3v) is 6.35. The average molecular weight is 435 g/mol. The highest BCUT2D eigenvalue weighted by atomic mass is 32.2. The average Bonchev–Trinajstić information content (AvgIpc) is 2.93. The van der Waals surface area contributed by atoms with E-state index in [1.165, 1.54) is 6.08 Å². The number of rotatable bonds is 6. The third-order valence-electron chi connectivity index (χ3n) is 4.44. The Balaban J connectivity index is 1.69. The van der Waals surface area contributed by atoms with Crippen LogP contribution in [0.15, 0.2) is 46.2 Å². The lowest BCUT2D eigenvalue weighted by Gasteiger charge is -2.22. The number of halogens is 1. The number of hydrogen-bond acceptors (Lipinski definition) is 6. The van der Waals surface area contributed by atoms with Gasteiger partial charge in [0.1, 0.15) is 12.6 Å². The Labute approximate surface area is 173 Å². The molecule has 1 aliphatic rings. The molecule has 0 aromatic heterocycles. The fourth-order valence-corrected chi connectivity index (χ4v) is 4.66. The first kappa shape index (κ1) is 21.9. The molecule has 7 nitrogen and oxygen atoms in total. The molecule has 1 heterocycles. The zero-order chi connectivity index (χ0) is 22.1. The minimum absolute atomic E-state index is 0.0990. The molecule has 3 rings (SSSR count). The van der Waals surface area contributed by atoms with Gasteiger partial charge in [-0.1, -0.05) is 36.4 Å². The molecule has 0 unspecified atom stereocenters. The molecule has 160 valence electrons. The van der Waals surface area contributed by atoms with Gasteiger partial charge in [0.15, 0.2) is 0 Å². The molecule has 0 bridgehead atoms. The topological polar surface area (TPSA) is 98.8 Å². The molecule has 1 aliphatic heterocycles. The first-order valence-corrected chi connectivity index (χ1v) is 10.7. The van der Waals surface area contributed by atoms with E-state index in [1.807, 2.05) is 12.1 Å². The fourth-order valence-electron chi connectivity index (χ4n) is 2.99. The van der Waals surface area contributed by atoms with Crippen molar-refractivity contribution in [3.05, 3.63) is 46.9 Å². The molecule has 0 saturated heterocycles. The predicted octanol–water partition coefficient (Wildman–Crippen LogP) is 3.37. The highest BCUT2D eigenvalue weighted by Gasteiger charge is 2.32. The van der Waals surface area contributed by atoms with Crippen molar-refractivity contribution in [3.63, 3.8) is 0 Å². The monoisotopic (exact) mass is 435 g/mol. The minimum atomic E-state index is -3.85. The van der Waals surface area contributed by atoms with Crippen molar-refractivity contribution < 1.29 is 31.9 Å². The molecule has 0 spiro atoms. The number of amides is 1. The van der Waals surface area contributed by atoms with Crippen LogP contribution in [0.2, 0.25) is 0 Å². The van der Waals surface area contributed by atoms with Crippen molar-refractivity contribution in [1.29, 1.82) is 0 Å². The molecular weight excluding hydrogens is 413 g/mol. The zero-order valence-corrected chi connectivity index (χ0v) is 17.6. The van der Waals surface area contributed by atoms with Crippen LogP contribution in [-0.4, -0.2) is 45.4 Å². The summed E-state index contributed by atoms with van der Waals surface area (Å²) in [5.41, 5.74) is -0.139. The number of fused-ring (bicyclic) bond motifs is 3. The van der Waals surface area contributed by atoms with E-state index in [2.05, 4.69) is 5.32 Å². The van der Waals surface area contributed by atoms with Crippen LogP contribution < -0.4 is 5.32 Å². The summed E-state index contributed by atoms with van der Waals surface area (Å²) in [6, 6.07) is 7.23. The lowest BCUT2D eigenvalue weighted by atomic mass is 10.1. The Morgan fingerprint density at radius 1 is 1.13 bits per heavy atom. The van der Waals surface area contributed by atoms with Gasteiger partial charge in [-0.25, -0.2) is 13.2 Å². The molecule has 0 radical (unpaired) electrons. The third kappa shape index (κ3) is 4.68. The van der Waals surface area contributed by atoms with Gasteiger partial charge in [-0.05, 0) is 37.8 Å². The van der Waals surface area contributed by atoms with Gasteiger partial charge in [0.2, 0.25) is 9.84 Å². The van der Waals surface area contributed by atoms with Gasteiger partial charge in [0.05, 0.1) is 22.0 Å². The first-order chi connectivity index (χ1) is 14.0. The molecule has 30 heavy (non-hydrogen) atoms. The smallest absolute Gasteiger partial charge is 0.408 e. The highest BCUT2D eigenvalue weighted by Crippen LogP contribution is 2.38. The molecule has 0 aliphatic carbocycles. The van der Waals surface area contributed by atoms with Gasteiger partial charge in [0, 0.05) is 5.39 Å². The molecule has 0 saturated carbocycles. The van der Waals surface area contributed by atoms with E-state index >= 15 is 0 Å². The van der Waals surface area contributed by atoms with Gasteiger partial charge in [-0.2, -0.15) is 4.39 Å². The van der Waals surface area contributed by atoms with E-state index in [1.54, 1.807) is 45.0 Å². The van der Waals surface area contributed by atoms with Crippen molar-refractivity contribution in [2.45, 2.75) is 37.3 Å². The number of carbonyl (C=O) groups excluding carboxylic acids is 2. The van der Waals surface area contributed by atoms with Gasteiger partial charge < -0.3 is 14.8 Å². The van der Waals surface area contributed by atoms with E-state index < -0.39 is 40.2 Å². The summed E-state index contributed by atoms with van der Waals surface area (Å²) >= 11 is 0. The lowest BCUT2D eigenvalue weighted by molar-refractivity contribution is -0.134. The summed E-state index contributed by atoms with van der Waals surface area (Å²) in [5.74, 6) is 0. The first-order valence-electron chi connectivity index (χ1n) is 9.23. The molecule has 2 aromatic carbocycles. The number of ether oxygens (including phenoxy) is 2. The number of alkyl carbamates (subject to hydrolysis) is 1. The van der Waals surface area contributed by atoms with Gasteiger partial charge in [-0.3, -0.25) is 4.79 Å². The Morgan fingerprint density at radius 2 is 1.83 bits per heavy atom. The second-order valence-corrected chi connectivity index (χ2v) is 9.76. The van der Waals surface area contributed by atoms with Crippen LogP contribution in [0.5, 0.6) is 0 Å². The van der Waals surface area contributed by atoms with Crippen molar-refractivity contribution in [2.24, 2.45) is 0 Å². The SMILES string of the molecule is CC(C)(C)OC[C@H](NC(=O)OCC1=Cc2ccc3ccccc3c2S1(=O)=O)C(=O)F. The predicted molar refractivity (Wildman–Crippen MR) is 109 cm³/mol. The Kier molecular flexibility index (Phi) is 5.96. The number of benzene rings is 2. The standard InChI is InChI=1S/C21H22FNO6S/c1-21(2,3)29-12-17(19(22)24)23-20(25)28-11-15-10-14-9-8-13-6-4-5-7-16(13)18(14)30(15,26)27/h4-10,17H,11-12H2,1-3H3,(H,23,25)/t17-/m0/s1. The van der Waals surface area contributed by atoms with Crippen molar-refractivity contribution in [3.8, 4) is 0 Å². The highest BCUT2D eigenvalue weighted by molar-refractivity contribution is 7.96. The molecule has 2 aromatic rings. The van der Waals surface area contributed by atoms with Crippen molar-refractivity contribution in [2.75, 3.05) is 13.2 Å². The van der Waals surface area contributed by atoms with E-state index in [-0.39, 0.29) is 16.4 Å². The summed E-state index contributed by atoms with van der Waals surface area (Å²) < 4.78 is 49.3. The van der Waals surface area contributed by atoms with E-state index in [0.717, 1.165) is 5.39 Å². The summed E-state index contributed by atoms with van der Waals surface area (Å²) in [6.45, 7) is 4.20. The molecule has 1 amide bonds. The fraction of sp³-hybridized carbons (Fsp3) is 0.333. The van der Waals surface area contributed by atoms with Crippen molar-refractivity contribution in [1.82, 2.24) is 5.32 Å². The maximum atomic E-state index is 13.2. The molecule has 9 heteroatoms. The van der Waals surface area contributed by atoms with Gasteiger partial charge in [0.25, 0.3) is 0 Å². The van der Waals surface area contributed by atoms with Crippen LogP contribution >= 0.6 is 0 Å². The summed E-state index contributed by atoms with van der Waals surface area (Å²) in [7, 11) is -3.85. The lowest BCUT2D eigenvalue weighted by Crippen LogP contribution is -2.44. The molecule has 0 fully saturated rings. The van der Waals surface area contributed by atoms with Crippen LogP contribution in [0.25, 0.3) is 16.8 Å². The number of hydrogen-bond donors (Lipinski definition) is 1. The van der Waals surface area contributed by atoms with Crippen LogP contribution in [0.3, 0.4) is 0 Å². The maximum absolute atomic E-state index is 13.2. The second kappa shape index (κ2) is 8.16. The maximum Gasteiger partial charge on any atom is 0.408 e. The Bertz CT molecular complexity index is 1130. The van der Waals surface area contributed by atoms with Crippen LogP contribution in [0.1, 0.15) is 26.3 Å². The van der Waals surface area contributed by atoms with E-state index in [4.69, 9.17) is 9.47 Å². The van der Waals surface area contributed by atoms with E-state index in [9.17, 15) is 22.4 Å². The number of carbonyl (C=O) groups is 2. The summed E-state index contributed by atoms with van der Waals surface area (Å²) in [5, 5.41) is 3.41. The Hall–Kier alpha value is -2.78. The van der Waals surface area contributed by atoms with Crippen molar-refractivity contribution >= 4 is 38.8 Å².